The van der Waals surface area contributed by atoms with Crippen LogP contribution in [0.1, 0.15) is 18.1 Å². The second kappa shape index (κ2) is 7.08. The Kier molecular flexibility index (Phi) is 5.35. The fourth-order valence-corrected chi connectivity index (χ4v) is 3.26. The summed E-state index contributed by atoms with van der Waals surface area (Å²) in [7, 11) is -3.77. The zero-order valence-electron chi connectivity index (χ0n) is 13.0. The molecule has 0 saturated carbocycles. The number of benzene rings is 2. The molecule has 5 nitrogen and oxygen atoms in total. The van der Waals surface area contributed by atoms with Crippen molar-refractivity contribution in [1.29, 1.82) is 0 Å². The van der Waals surface area contributed by atoms with Crippen LogP contribution in [0.25, 0.3) is 0 Å². The first-order valence-corrected chi connectivity index (χ1v) is 9.06. The molecular formula is C16H19N3O2S2. The molecule has 7 heteroatoms. The van der Waals surface area contributed by atoms with Crippen LogP contribution in [0.4, 0.5) is 11.4 Å². The van der Waals surface area contributed by atoms with Gasteiger partial charge in [0.25, 0.3) is 0 Å². The number of hydrogen-bond acceptors (Lipinski definition) is 3. The molecule has 2 aromatic rings. The Morgan fingerprint density at radius 2 is 1.87 bits per heavy atom. The van der Waals surface area contributed by atoms with E-state index in [4.69, 9.17) is 17.4 Å². The van der Waals surface area contributed by atoms with Crippen LogP contribution in [0.15, 0.2) is 47.4 Å². The smallest absolute Gasteiger partial charge is 0.238 e. The maximum Gasteiger partial charge on any atom is 0.238 e. The Balaban J connectivity index is 2.18. The summed E-state index contributed by atoms with van der Waals surface area (Å²) < 4.78 is 23.1. The number of aryl methyl sites for hydroxylation is 2. The van der Waals surface area contributed by atoms with Crippen molar-refractivity contribution in [3.05, 3.63) is 53.6 Å². The third kappa shape index (κ3) is 4.51. The summed E-state index contributed by atoms with van der Waals surface area (Å²) in [6.45, 7) is 3.76. The minimum absolute atomic E-state index is 0.0826. The van der Waals surface area contributed by atoms with Gasteiger partial charge in [-0.05, 0) is 54.9 Å². The van der Waals surface area contributed by atoms with Gasteiger partial charge in [-0.1, -0.05) is 31.2 Å². The molecule has 2 aromatic carbocycles. The minimum atomic E-state index is -3.77. The molecule has 0 heterocycles. The molecule has 0 aromatic heterocycles. The van der Waals surface area contributed by atoms with Crippen LogP contribution in [0.3, 0.4) is 0 Å². The molecule has 122 valence electrons. The molecule has 0 aliphatic carbocycles. The normalized spacial score (nSPS) is 11.1. The van der Waals surface area contributed by atoms with Crippen molar-refractivity contribution in [1.82, 2.24) is 0 Å². The SMILES string of the molecule is CCc1ccccc1NC(=S)Nc1ccc(C)c(S(N)(=O)=O)c1. The lowest BCUT2D eigenvalue weighted by atomic mass is 10.1. The van der Waals surface area contributed by atoms with E-state index >= 15 is 0 Å². The molecule has 0 unspecified atom stereocenters. The highest BCUT2D eigenvalue weighted by molar-refractivity contribution is 7.89. The summed E-state index contributed by atoms with van der Waals surface area (Å²) in [5, 5.41) is 11.7. The van der Waals surface area contributed by atoms with Gasteiger partial charge < -0.3 is 10.6 Å². The maximum atomic E-state index is 11.6. The zero-order chi connectivity index (χ0) is 17.0. The molecule has 0 spiro atoms. The number of primary sulfonamides is 1. The first-order valence-electron chi connectivity index (χ1n) is 7.10. The van der Waals surface area contributed by atoms with E-state index in [1.54, 1.807) is 19.1 Å². The van der Waals surface area contributed by atoms with E-state index in [1.807, 2.05) is 24.3 Å². The third-order valence-electron chi connectivity index (χ3n) is 3.40. The number of nitrogens with two attached hydrogens (primary N) is 1. The number of para-hydroxylation sites is 1. The average molecular weight is 349 g/mol. The summed E-state index contributed by atoms with van der Waals surface area (Å²) in [4.78, 5) is 0.0826. The predicted molar refractivity (Wildman–Crippen MR) is 98.2 cm³/mol. The van der Waals surface area contributed by atoms with Gasteiger partial charge in [-0.3, -0.25) is 0 Å². The Bertz CT molecular complexity index is 833. The number of sulfonamides is 1. The van der Waals surface area contributed by atoms with Gasteiger partial charge in [0.1, 0.15) is 0 Å². The quantitative estimate of drug-likeness (QED) is 0.739. The summed E-state index contributed by atoms with van der Waals surface area (Å²) >= 11 is 5.29. The third-order valence-corrected chi connectivity index (χ3v) is 4.66. The van der Waals surface area contributed by atoms with Gasteiger partial charge in [0.05, 0.1) is 4.90 Å². The summed E-state index contributed by atoms with van der Waals surface area (Å²) in [6.07, 6.45) is 0.881. The predicted octanol–water partition coefficient (Wildman–Crippen LogP) is 3.01. The Labute approximate surface area is 142 Å². The highest BCUT2D eigenvalue weighted by Gasteiger charge is 2.12. The van der Waals surface area contributed by atoms with E-state index in [1.165, 1.54) is 6.07 Å². The first kappa shape index (κ1) is 17.4. The summed E-state index contributed by atoms with van der Waals surface area (Å²) in [5.74, 6) is 0. The molecule has 2 rings (SSSR count). The lowest BCUT2D eigenvalue weighted by Crippen LogP contribution is -2.20. The largest absolute Gasteiger partial charge is 0.332 e. The van der Waals surface area contributed by atoms with Crippen molar-refractivity contribution in [2.24, 2.45) is 5.14 Å². The van der Waals surface area contributed by atoms with Gasteiger partial charge in [-0.2, -0.15) is 0 Å². The van der Waals surface area contributed by atoms with Gasteiger partial charge in [0, 0.05) is 11.4 Å². The van der Waals surface area contributed by atoms with Crippen LogP contribution in [0, 0.1) is 6.92 Å². The van der Waals surface area contributed by atoms with Gasteiger partial charge in [0.15, 0.2) is 5.11 Å². The molecule has 0 fully saturated rings. The number of hydrogen-bond donors (Lipinski definition) is 3. The zero-order valence-corrected chi connectivity index (χ0v) is 14.6. The minimum Gasteiger partial charge on any atom is -0.332 e. The van der Waals surface area contributed by atoms with Gasteiger partial charge in [-0.15, -0.1) is 0 Å². The van der Waals surface area contributed by atoms with Crippen LogP contribution in [0.5, 0.6) is 0 Å². The fraction of sp³-hybridized carbons (Fsp3) is 0.188. The molecule has 0 atom stereocenters. The van der Waals surface area contributed by atoms with Crippen molar-refractivity contribution in [2.75, 3.05) is 10.6 Å². The van der Waals surface area contributed by atoms with Crippen molar-refractivity contribution < 1.29 is 8.42 Å². The molecule has 0 amide bonds. The van der Waals surface area contributed by atoms with E-state index in [-0.39, 0.29) is 4.90 Å². The highest BCUT2D eigenvalue weighted by atomic mass is 32.2. The van der Waals surface area contributed by atoms with Crippen LogP contribution < -0.4 is 15.8 Å². The molecule has 0 radical (unpaired) electrons. The monoisotopic (exact) mass is 349 g/mol. The van der Waals surface area contributed by atoms with Gasteiger partial charge >= 0.3 is 0 Å². The van der Waals surface area contributed by atoms with Crippen LogP contribution >= 0.6 is 12.2 Å². The molecule has 0 saturated heterocycles. The second-order valence-electron chi connectivity index (χ2n) is 5.12. The van der Waals surface area contributed by atoms with Crippen molar-refractivity contribution >= 4 is 38.7 Å². The van der Waals surface area contributed by atoms with Crippen LogP contribution in [0.2, 0.25) is 0 Å². The number of nitrogens with one attached hydrogen (secondary N) is 2. The molecule has 0 aliphatic heterocycles. The Morgan fingerprint density at radius 3 is 2.52 bits per heavy atom. The summed E-state index contributed by atoms with van der Waals surface area (Å²) in [6, 6.07) is 12.8. The standard InChI is InChI=1S/C16H19N3O2S2/c1-3-12-6-4-5-7-14(12)19-16(22)18-13-9-8-11(2)15(10-13)23(17,20)21/h4-10H,3H2,1-2H3,(H2,17,20,21)(H2,18,19,22). The lowest BCUT2D eigenvalue weighted by molar-refractivity contribution is 0.597. The molecular weight excluding hydrogens is 330 g/mol. The van der Waals surface area contributed by atoms with Crippen molar-refractivity contribution in [2.45, 2.75) is 25.2 Å². The van der Waals surface area contributed by atoms with E-state index in [0.29, 0.717) is 16.4 Å². The summed E-state index contributed by atoms with van der Waals surface area (Å²) in [5.41, 5.74) is 3.22. The lowest BCUT2D eigenvalue weighted by Gasteiger charge is -2.14. The van der Waals surface area contributed by atoms with E-state index in [2.05, 4.69) is 17.6 Å². The van der Waals surface area contributed by atoms with Crippen molar-refractivity contribution in [3.8, 4) is 0 Å². The van der Waals surface area contributed by atoms with E-state index in [0.717, 1.165) is 17.7 Å². The van der Waals surface area contributed by atoms with Crippen LogP contribution in [-0.2, 0) is 16.4 Å². The maximum absolute atomic E-state index is 11.6. The second-order valence-corrected chi connectivity index (χ2v) is 7.05. The van der Waals surface area contributed by atoms with Crippen molar-refractivity contribution in [3.63, 3.8) is 0 Å². The molecule has 4 N–H and O–H groups in total. The molecule has 0 aliphatic rings. The number of anilines is 2. The number of rotatable bonds is 4. The molecule has 0 bridgehead atoms. The van der Waals surface area contributed by atoms with E-state index < -0.39 is 10.0 Å². The van der Waals surface area contributed by atoms with Gasteiger partial charge in [0.2, 0.25) is 10.0 Å². The topological polar surface area (TPSA) is 84.2 Å². The van der Waals surface area contributed by atoms with Gasteiger partial charge in [-0.25, -0.2) is 13.6 Å². The highest BCUT2D eigenvalue weighted by Crippen LogP contribution is 2.20. The Morgan fingerprint density at radius 1 is 1.17 bits per heavy atom. The Hall–Kier alpha value is -1.96. The molecule has 23 heavy (non-hydrogen) atoms. The average Bonchev–Trinajstić information content (AvgIpc) is 2.48. The number of thiocarbonyl (C=S) groups is 1. The first-order chi connectivity index (χ1) is 10.8. The van der Waals surface area contributed by atoms with E-state index in [9.17, 15) is 8.42 Å². The van der Waals surface area contributed by atoms with Crippen LogP contribution in [-0.4, -0.2) is 13.5 Å². The fourth-order valence-electron chi connectivity index (χ4n) is 2.22.